The highest BCUT2D eigenvalue weighted by molar-refractivity contribution is 7.11. The van der Waals surface area contributed by atoms with E-state index >= 15 is 0 Å². The average molecular weight is 336 g/mol. The van der Waals surface area contributed by atoms with Crippen LogP contribution in [0.15, 0.2) is 11.6 Å². The second kappa shape index (κ2) is 6.34. The molecule has 0 saturated heterocycles. The van der Waals surface area contributed by atoms with Crippen LogP contribution >= 0.6 is 22.7 Å². The number of rotatable bonds is 5. The summed E-state index contributed by atoms with van der Waals surface area (Å²) in [5, 5.41) is 10.0. The predicted molar refractivity (Wildman–Crippen MR) is 89.4 cm³/mol. The Labute approximate surface area is 138 Å². The largest absolute Gasteiger partial charge is 0.330 e. The first kappa shape index (κ1) is 15.4. The lowest BCUT2D eigenvalue weighted by Gasteiger charge is -2.15. The van der Waals surface area contributed by atoms with Crippen molar-refractivity contribution in [1.29, 1.82) is 0 Å². The van der Waals surface area contributed by atoms with Crippen LogP contribution in [0.3, 0.4) is 0 Å². The van der Waals surface area contributed by atoms with Crippen LogP contribution in [-0.4, -0.2) is 16.0 Å². The Hall–Kier alpha value is -1.47. The van der Waals surface area contributed by atoms with Crippen molar-refractivity contribution in [1.82, 2.24) is 20.6 Å². The van der Waals surface area contributed by atoms with E-state index in [1.807, 2.05) is 32.3 Å². The molecule has 0 radical (unpaired) electrons. The van der Waals surface area contributed by atoms with Gasteiger partial charge in [0.2, 0.25) is 0 Å². The molecule has 2 N–H and O–H groups in total. The van der Waals surface area contributed by atoms with Crippen LogP contribution in [0, 0.1) is 6.92 Å². The minimum atomic E-state index is -0.186. The van der Waals surface area contributed by atoms with E-state index in [1.54, 1.807) is 22.7 Å². The molecule has 7 heteroatoms. The van der Waals surface area contributed by atoms with Crippen LogP contribution in [0.25, 0.3) is 0 Å². The monoisotopic (exact) mass is 336 g/mol. The molecule has 2 aromatic rings. The summed E-state index contributed by atoms with van der Waals surface area (Å²) in [6.45, 7) is 5.91. The van der Waals surface area contributed by atoms with Gasteiger partial charge in [0.25, 0.3) is 0 Å². The molecule has 2 atom stereocenters. The number of nitrogens with zero attached hydrogens (tertiary/aromatic N) is 2. The minimum absolute atomic E-state index is 0.0889. The summed E-state index contributed by atoms with van der Waals surface area (Å²) < 4.78 is 0. The highest BCUT2D eigenvalue weighted by atomic mass is 32.1. The first-order valence-electron chi connectivity index (χ1n) is 7.47. The first-order valence-corrected chi connectivity index (χ1v) is 9.17. The maximum atomic E-state index is 12.1. The first-order chi connectivity index (χ1) is 10.5. The smallest absolute Gasteiger partial charge is 0.315 e. The Kier molecular flexibility index (Phi) is 4.44. The number of hydrogen-bond acceptors (Lipinski definition) is 5. The third-order valence-corrected chi connectivity index (χ3v) is 5.74. The van der Waals surface area contributed by atoms with Gasteiger partial charge in [0.05, 0.1) is 22.8 Å². The third kappa shape index (κ3) is 3.64. The SMILES string of the molecule is Cc1cnc([C@H](C)NC(=O)N[C@@H](C)c2csc(C3CC3)n2)s1. The number of nitrogens with one attached hydrogen (secondary N) is 2. The molecule has 3 rings (SSSR count). The van der Waals surface area contributed by atoms with E-state index in [-0.39, 0.29) is 18.1 Å². The molecule has 1 fully saturated rings. The van der Waals surface area contributed by atoms with Crippen molar-refractivity contribution in [3.63, 3.8) is 0 Å². The number of carbonyl (C=O) groups is 1. The van der Waals surface area contributed by atoms with E-state index in [4.69, 9.17) is 0 Å². The summed E-state index contributed by atoms with van der Waals surface area (Å²) in [6, 6.07) is -0.369. The van der Waals surface area contributed by atoms with Gasteiger partial charge in [-0.25, -0.2) is 14.8 Å². The number of urea groups is 1. The number of hydrogen-bond donors (Lipinski definition) is 2. The van der Waals surface area contributed by atoms with Gasteiger partial charge in [-0.3, -0.25) is 0 Å². The molecule has 1 aliphatic carbocycles. The van der Waals surface area contributed by atoms with Crippen LogP contribution in [0.2, 0.25) is 0 Å². The quantitative estimate of drug-likeness (QED) is 0.870. The molecule has 22 heavy (non-hydrogen) atoms. The zero-order chi connectivity index (χ0) is 15.7. The van der Waals surface area contributed by atoms with E-state index in [0.717, 1.165) is 15.6 Å². The van der Waals surface area contributed by atoms with Gasteiger partial charge in [-0.1, -0.05) is 0 Å². The second-order valence-corrected chi connectivity index (χ2v) is 7.91. The summed E-state index contributed by atoms with van der Waals surface area (Å²) in [5.41, 5.74) is 0.944. The average Bonchev–Trinajstić information content (AvgIpc) is 3.02. The number of thiazole rings is 2. The fourth-order valence-corrected chi connectivity index (χ4v) is 4.02. The molecule has 0 aromatic carbocycles. The van der Waals surface area contributed by atoms with Gasteiger partial charge in [0.1, 0.15) is 5.01 Å². The lowest BCUT2D eigenvalue weighted by Crippen LogP contribution is -2.38. The van der Waals surface area contributed by atoms with Crippen LogP contribution in [0.4, 0.5) is 4.79 Å². The lowest BCUT2D eigenvalue weighted by molar-refractivity contribution is 0.234. The Morgan fingerprint density at radius 3 is 2.68 bits per heavy atom. The summed E-state index contributed by atoms with van der Waals surface area (Å²) in [7, 11) is 0. The van der Waals surface area contributed by atoms with Crippen molar-refractivity contribution >= 4 is 28.7 Å². The Balaban J connectivity index is 1.53. The fraction of sp³-hybridized carbons (Fsp3) is 0.533. The van der Waals surface area contributed by atoms with Gasteiger partial charge >= 0.3 is 6.03 Å². The normalized spacial score (nSPS) is 17.0. The molecule has 2 amide bonds. The van der Waals surface area contributed by atoms with Gasteiger partial charge in [-0.2, -0.15) is 0 Å². The van der Waals surface area contributed by atoms with E-state index < -0.39 is 0 Å². The Bertz CT molecular complexity index is 662. The summed E-state index contributed by atoms with van der Waals surface area (Å²) >= 11 is 3.30. The van der Waals surface area contributed by atoms with Crippen molar-refractivity contribution in [2.75, 3.05) is 0 Å². The van der Waals surface area contributed by atoms with Crippen molar-refractivity contribution in [2.24, 2.45) is 0 Å². The number of aromatic nitrogens is 2. The van der Waals surface area contributed by atoms with Gasteiger partial charge in [-0.15, -0.1) is 22.7 Å². The molecule has 118 valence electrons. The maximum Gasteiger partial charge on any atom is 0.315 e. The topological polar surface area (TPSA) is 66.9 Å². The molecular formula is C15H20N4OS2. The molecule has 2 heterocycles. The van der Waals surface area contributed by atoms with Crippen molar-refractivity contribution in [3.8, 4) is 0 Å². The standard InChI is InChI=1S/C15H20N4OS2/c1-8-6-16-13(22-8)10(3)18-15(20)17-9(2)12-7-21-14(19-12)11-4-5-11/h6-7,9-11H,4-5H2,1-3H3,(H2,17,18,20)/t9-,10-/m0/s1. The third-order valence-electron chi connectivity index (χ3n) is 3.61. The summed E-state index contributed by atoms with van der Waals surface area (Å²) in [6.07, 6.45) is 4.33. The fourth-order valence-electron chi connectivity index (χ4n) is 2.16. The maximum absolute atomic E-state index is 12.1. The van der Waals surface area contributed by atoms with Crippen LogP contribution < -0.4 is 10.6 Å². The van der Waals surface area contributed by atoms with E-state index in [9.17, 15) is 4.79 Å². The van der Waals surface area contributed by atoms with Gasteiger partial charge in [-0.05, 0) is 33.6 Å². The summed E-state index contributed by atoms with van der Waals surface area (Å²) in [5.74, 6) is 0.660. The van der Waals surface area contributed by atoms with Gasteiger partial charge < -0.3 is 10.6 Å². The van der Waals surface area contributed by atoms with E-state index in [2.05, 4.69) is 20.6 Å². The number of amides is 2. The van der Waals surface area contributed by atoms with E-state index in [1.165, 1.54) is 17.8 Å². The molecular weight excluding hydrogens is 316 g/mol. The zero-order valence-electron chi connectivity index (χ0n) is 12.9. The van der Waals surface area contributed by atoms with Crippen molar-refractivity contribution < 1.29 is 4.79 Å². The highest BCUT2D eigenvalue weighted by Gasteiger charge is 2.27. The van der Waals surface area contributed by atoms with Crippen molar-refractivity contribution in [3.05, 3.63) is 32.2 Å². The molecule has 0 bridgehead atoms. The molecule has 1 aliphatic rings. The predicted octanol–water partition coefficient (Wildman–Crippen LogP) is 3.91. The van der Waals surface area contributed by atoms with Crippen molar-refractivity contribution in [2.45, 2.75) is 51.6 Å². The number of carbonyl (C=O) groups excluding carboxylic acids is 1. The molecule has 0 spiro atoms. The molecule has 5 nitrogen and oxygen atoms in total. The van der Waals surface area contributed by atoms with E-state index in [0.29, 0.717) is 5.92 Å². The van der Waals surface area contributed by atoms with Crippen LogP contribution in [-0.2, 0) is 0 Å². The molecule has 2 aromatic heterocycles. The molecule has 1 saturated carbocycles. The Morgan fingerprint density at radius 1 is 1.32 bits per heavy atom. The minimum Gasteiger partial charge on any atom is -0.330 e. The highest BCUT2D eigenvalue weighted by Crippen LogP contribution is 2.41. The van der Waals surface area contributed by atoms with Crippen LogP contribution in [0.1, 0.15) is 65.3 Å². The second-order valence-electron chi connectivity index (χ2n) is 5.76. The molecule has 0 aliphatic heterocycles. The summed E-state index contributed by atoms with van der Waals surface area (Å²) in [4.78, 5) is 22.2. The van der Waals surface area contributed by atoms with Crippen LogP contribution in [0.5, 0.6) is 0 Å². The number of aryl methyl sites for hydroxylation is 1. The van der Waals surface area contributed by atoms with Gasteiger partial charge in [0, 0.05) is 22.4 Å². The zero-order valence-corrected chi connectivity index (χ0v) is 14.6. The van der Waals surface area contributed by atoms with Gasteiger partial charge in [0.15, 0.2) is 0 Å². The Morgan fingerprint density at radius 2 is 2.05 bits per heavy atom. The molecule has 0 unspecified atom stereocenters. The lowest BCUT2D eigenvalue weighted by atomic mass is 10.2.